The molecule has 0 amide bonds. The first-order chi connectivity index (χ1) is 11.4. The maximum atomic E-state index is 11.5. The molecular formula is C16H22ClN3O3S. The number of fused-ring (bicyclic) bond motifs is 1. The van der Waals surface area contributed by atoms with Crippen molar-refractivity contribution in [3.05, 3.63) is 23.2 Å². The first-order valence-electron chi connectivity index (χ1n) is 8.25. The highest BCUT2D eigenvalue weighted by Crippen LogP contribution is 2.28. The molecule has 0 aliphatic heterocycles. The number of sulfonamides is 1. The lowest BCUT2D eigenvalue weighted by Crippen LogP contribution is -2.34. The predicted molar refractivity (Wildman–Crippen MR) is 95.9 cm³/mol. The van der Waals surface area contributed by atoms with Crippen LogP contribution in [0.3, 0.4) is 0 Å². The van der Waals surface area contributed by atoms with Gasteiger partial charge in [0.2, 0.25) is 10.0 Å². The second kappa shape index (κ2) is 7.29. The SMILES string of the molecule is CCS(=O)(=O)NCC1CCC(Nc2nc3ccc(Cl)cc3o2)CC1. The summed E-state index contributed by atoms with van der Waals surface area (Å²) in [5, 5.41) is 3.96. The molecule has 1 aromatic carbocycles. The summed E-state index contributed by atoms with van der Waals surface area (Å²) in [6.07, 6.45) is 3.90. The van der Waals surface area contributed by atoms with Crippen LogP contribution in [-0.2, 0) is 10.0 Å². The molecule has 1 aliphatic carbocycles. The molecule has 1 aliphatic rings. The number of anilines is 1. The van der Waals surface area contributed by atoms with Gasteiger partial charge in [-0.05, 0) is 50.7 Å². The summed E-state index contributed by atoms with van der Waals surface area (Å²) in [6.45, 7) is 2.18. The molecule has 0 atom stereocenters. The quantitative estimate of drug-likeness (QED) is 0.813. The van der Waals surface area contributed by atoms with Gasteiger partial charge in [0.15, 0.2) is 5.58 Å². The topological polar surface area (TPSA) is 84.2 Å². The second-order valence-corrected chi connectivity index (χ2v) is 8.78. The van der Waals surface area contributed by atoms with Gasteiger partial charge in [-0.1, -0.05) is 11.6 Å². The minimum atomic E-state index is -3.10. The number of halogens is 1. The molecule has 2 aromatic rings. The van der Waals surface area contributed by atoms with Crippen molar-refractivity contribution >= 4 is 38.7 Å². The first-order valence-corrected chi connectivity index (χ1v) is 10.3. The van der Waals surface area contributed by atoms with Crippen molar-refractivity contribution < 1.29 is 12.8 Å². The molecule has 0 radical (unpaired) electrons. The van der Waals surface area contributed by atoms with Crippen LogP contribution in [0.1, 0.15) is 32.6 Å². The molecule has 0 bridgehead atoms. The van der Waals surface area contributed by atoms with Crippen molar-refractivity contribution in [3.63, 3.8) is 0 Å². The molecule has 1 aromatic heterocycles. The van der Waals surface area contributed by atoms with E-state index in [1.807, 2.05) is 6.07 Å². The molecule has 1 saturated carbocycles. The van der Waals surface area contributed by atoms with Crippen LogP contribution in [-0.4, -0.2) is 31.7 Å². The van der Waals surface area contributed by atoms with Gasteiger partial charge >= 0.3 is 0 Å². The third kappa shape index (κ3) is 4.40. The van der Waals surface area contributed by atoms with Crippen molar-refractivity contribution in [1.82, 2.24) is 9.71 Å². The number of aromatic nitrogens is 1. The van der Waals surface area contributed by atoms with Crippen LogP contribution < -0.4 is 10.0 Å². The Kier molecular flexibility index (Phi) is 5.32. The number of rotatable bonds is 6. The fraction of sp³-hybridized carbons (Fsp3) is 0.562. The predicted octanol–water partition coefficient (Wildman–Crippen LogP) is 3.39. The molecule has 1 heterocycles. The highest BCUT2D eigenvalue weighted by Gasteiger charge is 2.23. The lowest BCUT2D eigenvalue weighted by Gasteiger charge is -2.28. The Morgan fingerprint density at radius 3 is 2.75 bits per heavy atom. The van der Waals surface area contributed by atoms with Gasteiger partial charge < -0.3 is 9.73 Å². The largest absolute Gasteiger partial charge is 0.423 e. The van der Waals surface area contributed by atoms with Crippen molar-refractivity contribution in [2.45, 2.75) is 38.6 Å². The van der Waals surface area contributed by atoms with E-state index in [1.165, 1.54) is 0 Å². The van der Waals surface area contributed by atoms with Crippen molar-refractivity contribution in [1.29, 1.82) is 0 Å². The van der Waals surface area contributed by atoms with Gasteiger partial charge in [-0.25, -0.2) is 13.1 Å². The van der Waals surface area contributed by atoms with Gasteiger partial charge in [-0.15, -0.1) is 0 Å². The monoisotopic (exact) mass is 371 g/mol. The smallest absolute Gasteiger partial charge is 0.295 e. The molecule has 2 N–H and O–H groups in total. The summed E-state index contributed by atoms with van der Waals surface area (Å²) in [5.74, 6) is 0.526. The van der Waals surface area contributed by atoms with E-state index in [0.717, 1.165) is 31.2 Å². The average molecular weight is 372 g/mol. The number of hydrogen-bond acceptors (Lipinski definition) is 5. The molecule has 6 nitrogen and oxygen atoms in total. The Morgan fingerprint density at radius 1 is 1.29 bits per heavy atom. The number of benzene rings is 1. The van der Waals surface area contributed by atoms with E-state index in [2.05, 4.69) is 15.0 Å². The highest BCUT2D eigenvalue weighted by atomic mass is 35.5. The fourth-order valence-electron chi connectivity index (χ4n) is 2.99. The molecule has 1 fully saturated rings. The van der Waals surface area contributed by atoms with Gasteiger partial charge in [0.25, 0.3) is 6.01 Å². The van der Waals surface area contributed by atoms with Crippen molar-refractivity contribution in [2.75, 3.05) is 17.6 Å². The lowest BCUT2D eigenvalue weighted by molar-refractivity contribution is 0.334. The number of hydrogen-bond donors (Lipinski definition) is 2. The molecule has 0 spiro atoms. The molecule has 0 saturated heterocycles. The van der Waals surface area contributed by atoms with E-state index in [-0.39, 0.29) is 5.75 Å². The molecule has 132 valence electrons. The zero-order chi connectivity index (χ0) is 17.2. The third-order valence-corrected chi connectivity index (χ3v) is 6.10. The van der Waals surface area contributed by atoms with Gasteiger partial charge in [0.05, 0.1) is 5.75 Å². The fourth-order valence-corrected chi connectivity index (χ4v) is 3.85. The van der Waals surface area contributed by atoms with Crippen LogP contribution in [0.25, 0.3) is 11.1 Å². The Labute approximate surface area is 147 Å². The average Bonchev–Trinajstić information content (AvgIpc) is 2.95. The summed E-state index contributed by atoms with van der Waals surface area (Å²) < 4.78 is 31.4. The summed E-state index contributed by atoms with van der Waals surface area (Å²) in [4.78, 5) is 4.42. The van der Waals surface area contributed by atoms with E-state index < -0.39 is 10.0 Å². The van der Waals surface area contributed by atoms with E-state index in [1.54, 1.807) is 19.1 Å². The first kappa shape index (κ1) is 17.5. The molecule has 3 rings (SSSR count). The number of nitrogens with zero attached hydrogens (tertiary/aromatic N) is 1. The number of nitrogens with one attached hydrogen (secondary N) is 2. The van der Waals surface area contributed by atoms with Crippen LogP contribution >= 0.6 is 11.6 Å². The van der Waals surface area contributed by atoms with Crippen LogP contribution in [0.15, 0.2) is 22.6 Å². The van der Waals surface area contributed by atoms with Gasteiger partial charge in [0.1, 0.15) is 5.52 Å². The van der Waals surface area contributed by atoms with E-state index in [4.69, 9.17) is 16.0 Å². The molecule has 24 heavy (non-hydrogen) atoms. The Morgan fingerprint density at radius 2 is 2.04 bits per heavy atom. The summed E-state index contributed by atoms with van der Waals surface area (Å²) in [6, 6.07) is 6.20. The van der Waals surface area contributed by atoms with E-state index in [0.29, 0.717) is 35.1 Å². The minimum absolute atomic E-state index is 0.131. The van der Waals surface area contributed by atoms with Crippen LogP contribution in [0.4, 0.5) is 6.01 Å². The summed E-state index contributed by atoms with van der Waals surface area (Å²) >= 11 is 5.95. The summed E-state index contributed by atoms with van der Waals surface area (Å²) in [5.41, 5.74) is 1.46. The Hall–Kier alpha value is -1.31. The maximum Gasteiger partial charge on any atom is 0.295 e. The zero-order valence-electron chi connectivity index (χ0n) is 13.6. The summed E-state index contributed by atoms with van der Waals surface area (Å²) in [7, 11) is -3.10. The number of oxazole rings is 1. The Bertz CT molecular complexity index is 798. The molecule has 8 heteroatoms. The zero-order valence-corrected chi connectivity index (χ0v) is 15.2. The van der Waals surface area contributed by atoms with E-state index in [9.17, 15) is 8.42 Å². The molecule has 0 unspecified atom stereocenters. The highest BCUT2D eigenvalue weighted by molar-refractivity contribution is 7.89. The van der Waals surface area contributed by atoms with Crippen molar-refractivity contribution in [2.24, 2.45) is 5.92 Å². The van der Waals surface area contributed by atoms with Crippen molar-refractivity contribution in [3.8, 4) is 0 Å². The lowest BCUT2D eigenvalue weighted by atomic mass is 9.86. The van der Waals surface area contributed by atoms with Gasteiger partial charge in [-0.2, -0.15) is 4.98 Å². The van der Waals surface area contributed by atoms with Gasteiger partial charge in [0, 0.05) is 23.7 Å². The third-order valence-electron chi connectivity index (χ3n) is 4.50. The standard InChI is InChI=1S/C16H22ClN3O3S/c1-2-24(21,22)18-10-11-3-6-13(7-4-11)19-16-20-14-8-5-12(17)9-15(14)23-16/h5,8-9,11,13,18H,2-4,6-7,10H2,1H3,(H,19,20). The second-order valence-electron chi connectivity index (χ2n) is 6.24. The Balaban J connectivity index is 1.51. The maximum absolute atomic E-state index is 11.5. The van der Waals surface area contributed by atoms with E-state index >= 15 is 0 Å². The van der Waals surface area contributed by atoms with Gasteiger partial charge in [-0.3, -0.25) is 0 Å². The van der Waals surface area contributed by atoms with Crippen LogP contribution in [0.5, 0.6) is 0 Å². The minimum Gasteiger partial charge on any atom is -0.423 e. The van der Waals surface area contributed by atoms with Crippen LogP contribution in [0, 0.1) is 5.92 Å². The molecular weight excluding hydrogens is 350 g/mol. The van der Waals surface area contributed by atoms with Crippen LogP contribution in [0.2, 0.25) is 5.02 Å². The normalized spacial score (nSPS) is 21.9.